The van der Waals surface area contributed by atoms with E-state index in [1.54, 1.807) is 21.6 Å². The Morgan fingerprint density at radius 1 is 1.17 bits per heavy atom. The van der Waals surface area contributed by atoms with E-state index in [-0.39, 0.29) is 24.1 Å². The van der Waals surface area contributed by atoms with Crippen molar-refractivity contribution in [3.05, 3.63) is 76.0 Å². The molecule has 0 bridgehead atoms. The molecule has 0 unspecified atom stereocenters. The molecule has 1 saturated heterocycles. The number of aliphatic hydroxyl groups excluding tert-OH is 1. The third-order valence-electron chi connectivity index (χ3n) is 5.71. The molecule has 0 aliphatic carbocycles. The molecular formula is C23H20N2O3S. The van der Waals surface area contributed by atoms with Crippen LogP contribution >= 0.6 is 11.3 Å². The molecule has 5 nitrogen and oxygen atoms in total. The van der Waals surface area contributed by atoms with E-state index < -0.39 is 0 Å². The van der Waals surface area contributed by atoms with Crippen LogP contribution in [-0.2, 0) is 0 Å². The van der Waals surface area contributed by atoms with Crippen LogP contribution in [0.1, 0.15) is 23.2 Å². The van der Waals surface area contributed by atoms with Crippen molar-refractivity contribution < 1.29 is 9.90 Å². The number of benzene rings is 1. The van der Waals surface area contributed by atoms with E-state index in [9.17, 15) is 14.7 Å². The van der Waals surface area contributed by atoms with Gasteiger partial charge in [0.2, 0.25) is 0 Å². The van der Waals surface area contributed by atoms with Crippen molar-refractivity contribution in [3.63, 3.8) is 0 Å². The molecule has 5 rings (SSSR count). The Morgan fingerprint density at radius 3 is 2.79 bits per heavy atom. The highest BCUT2D eigenvalue weighted by molar-refractivity contribution is 7.18. The molecule has 1 atom stereocenters. The first-order valence-corrected chi connectivity index (χ1v) is 10.6. The van der Waals surface area contributed by atoms with E-state index in [1.807, 2.05) is 47.8 Å². The van der Waals surface area contributed by atoms with Gasteiger partial charge in [-0.05, 0) is 47.4 Å². The minimum Gasteiger partial charge on any atom is -0.394 e. The summed E-state index contributed by atoms with van der Waals surface area (Å²) in [5.74, 6) is -0.128. The number of amides is 1. The molecule has 146 valence electrons. The molecular weight excluding hydrogens is 384 g/mol. The summed E-state index contributed by atoms with van der Waals surface area (Å²) in [6.45, 7) is 0.576. The zero-order valence-corrected chi connectivity index (χ0v) is 16.6. The van der Waals surface area contributed by atoms with E-state index in [2.05, 4.69) is 0 Å². The minimum absolute atomic E-state index is 0.0452. The molecule has 0 radical (unpaired) electrons. The second-order valence-corrected chi connectivity index (χ2v) is 8.28. The molecule has 29 heavy (non-hydrogen) atoms. The lowest BCUT2D eigenvalue weighted by Gasteiger charge is -2.24. The van der Waals surface area contributed by atoms with Crippen LogP contribution in [0.5, 0.6) is 0 Å². The highest BCUT2D eigenvalue weighted by atomic mass is 32.1. The van der Waals surface area contributed by atoms with Gasteiger partial charge in [-0.3, -0.25) is 14.0 Å². The quantitative estimate of drug-likeness (QED) is 0.565. The van der Waals surface area contributed by atoms with Crippen LogP contribution in [0.15, 0.2) is 64.9 Å². The van der Waals surface area contributed by atoms with E-state index in [1.165, 1.54) is 11.3 Å². The average molecular weight is 404 g/mol. The molecule has 1 aliphatic rings. The van der Waals surface area contributed by atoms with Gasteiger partial charge in [0.15, 0.2) is 0 Å². The third kappa shape index (κ3) is 2.87. The minimum atomic E-state index is -0.169. The largest absolute Gasteiger partial charge is 0.394 e. The molecule has 1 fully saturated rings. The van der Waals surface area contributed by atoms with Gasteiger partial charge in [-0.25, -0.2) is 0 Å². The Morgan fingerprint density at radius 2 is 2.00 bits per heavy atom. The van der Waals surface area contributed by atoms with Gasteiger partial charge in [-0.15, -0.1) is 11.3 Å². The fraction of sp³-hybridized carbons (Fsp3) is 0.217. The van der Waals surface area contributed by atoms with E-state index >= 15 is 0 Å². The Balaban J connectivity index is 1.82. The number of fused-ring (bicyclic) bond motifs is 3. The first kappa shape index (κ1) is 18.1. The third-order valence-corrected chi connectivity index (χ3v) is 6.65. The number of carbonyl (C=O) groups is 1. The fourth-order valence-corrected chi connectivity index (χ4v) is 5.19. The van der Waals surface area contributed by atoms with Gasteiger partial charge < -0.3 is 10.0 Å². The van der Waals surface area contributed by atoms with Crippen molar-refractivity contribution in [2.24, 2.45) is 0 Å². The van der Waals surface area contributed by atoms with Crippen molar-refractivity contribution in [2.75, 3.05) is 13.2 Å². The maximum Gasteiger partial charge on any atom is 0.263 e. The van der Waals surface area contributed by atoms with E-state index in [0.717, 1.165) is 28.5 Å². The molecule has 1 aromatic carbocycles. The monoisotopic (exact) mass is 404 g/mol. The summed E-state index contributed by atoms with van der Waals surface area (Å²) >= 11 is 1.53. The Bertz CT molecular complexity index is 1280. The van der Waals surface area contributed by atoms with Crippen LogP contribution in [0.3, 0.4) is 0 Å². The van der Waals surface area contributed by atoms with Gasteiger partial charge in [-0.1, -0.05) is 30.3 Å². The van der Waals surface area contributed by atoms with Crippen LogP contribution in [0, 0.1) is 0 Å². The topological polar surface area (TPSA) is 62.0 Å². The van der Waals surface area contributed by atoms with Gasteiger partial charge >= 0.3 is 0 Å². The maximum absolute atomic E-state index is 13.6. The number of nitrogens with zero attached hydrogens (tertiary/aromatic N) is 2. The lowest BCUT2D eigenvalue weighted by Crippen LogP contribution is -2.38. The van der Waals surface area contributed by atoms with Crippen molar-refractivity contribution in [1.82, 2.24) is 9.30 Å². The summed E-state index contributed by atoms with van der Waals surface area (Å²) in [5.41, 5.74) is 2.31. The van der Waals surface area contributed by atoms with Crippen molar-refractivity contribution in [2.45, 2.75) is 18.9 Å². The SMILES string of the molecule is O=C(c1cc(-c2ccccc2)c(=O)n2ccc3ccsc3c12)N1CCC[C@@H]1CO. The molecule has 0 spiro atoms. The molecule has 4 heterocycles. The van der Waals surface area contributed by atoms with Crippen LogP contribution in [0.25, 0.3) is 26.7 Å². The molecule has 3 aromatic heterocycles. The summed E-state index contributed by atoms with van der Waals surface area (Å²) in [6, 6.07) is 14.9. The maximum atomic E-state index is 13.6. The van der Waals surface area contributed by atoms with Gasteiger partial charge in [0.1, 0.15) is 0 Å². The number of hydrogen-bond acceptors (Lipinski definition) is 4. The van der Waals surface area contributed by atoms with Gasteiger partial charge in [0.25, 0.3) is 11.5 Å². The van der Waals surface area contributed by atoms with Crippen LogP contribution in [0.4, 0.5) is 0 Å². The summed E-state index contributed by atoms with van der Waals surface area (Å²) in [4.78, 5) is 28.7. The highest BCUT2D eigenvalue weighted by Gasteiger charge is 2.31. The first-order chi connectivity index (χ1) is 14.2. The van der Waals surface area contributed by atoms with E-state index in [4.69, 9.17) is 0 Å². The summed E-state index contributed by atoms with van der Waals surface area (Å²) < 4.78 is 2.52. The van der Waals surface area contributed by atoms with Gasteiger partial charge in [0, 0.05) is 18.3 Å². The molecule has 1 amide bonds. The predicted octanol–water partition coefficient (Wildman–Crippen LogP) is 3.78. The van der Waals surface area contributed by atoms with Gasteiger partial charge in [0.05, 0.1) is 28.4 Å². The standard InChI is InChI=1S/C23H20N2O3S/c26-14-17-7-4-10-24(17)23(28)19-13-18(15-5-2-1-3-6-15)22(27)25-11-8-16-9-12-29-21(16)20(19)25/h1-3,5-6,8-9,11-13,17,26H,4,7,10,14H2/t17-/m1/s1. The highest BCUT2D eigenvalue weighted by Crippen LogP contribution is 2.31. The van der Waals surface area contributed by atoms with Crippen LogP contribution in [-0.4, -0.2) is 39.5 Å². The number of carbonyl (C=O) groups excluding carboxylic acids is 1. The first-order valence-electron chi connectivity index (χ1n) is 9.72. The number of aromatic nitrogens is 1. The predicted molar refractivity (Wildman–Crippen MR) is 116 cm³/mol. The van der Waals surface area contributed by atoms with Crippen molar-refractivity contribution in [1.29, 1.82) is 0 Å². The summed E-state index contributed by atoms with van der Waals surface area (Å²) in [6.07, 6.45) is 3.43. The number of thiophene rings is 1. The van der Waals surface area contributed by atoms with Crippen LogP contribution in [0.2, 0.25) is 0 Å². The normalized spacial score (nSPS) is 16.7. The number of pyridine rings is 2. The van der Waals surface area contributed by atoms with Gasteiger partial charge in [-0.2, -0.15) is 0 Å². The summed E-state index contributed by atoms with van der Waals surface area (Å²) in [7, 11) is 0. The number of hydrogen-bond donors (Lipinski definition) is 1. The average Bonchev–Trinajstić information content (AvgIpc) is 3.43. The second-order valence-electron chi connectivity index (χ2n) is 7.36. The zero-order chi connectivity index (χ0) is 20.0. The zero-order valence-electron chi connectivity index (χ0n) is 15.7. The summed E-state index contributed by atoms with van der Waals surface area (Å²) in [5, 5.41) is 12.7. The Hall–Kier alpha value is -2.96. The molecule has 4 aromatic rings. The van der Waals surface area contributed by atoms with E-state index in [0.29, 0.717) is 23.2 Å². The second kappa shape index (κ2) is 7.13. The number of likely N-dealkylation sites (tertiary alicyclic amines) is 1. The van der Waals surface area contributed by atoms with Crippen LogP contribution < -0.4 is 5.56 Å². The Kier molecular flexibility index (Phi) is 4.45. The van der Waals surface area contributed by atoms with Crippen molar-refractivity contribution >= 4 is 32.8 Å². The lowest BCUT2D eigenvalue weighted by molar-refractivity contribution is 0.0679. The lowest BCUT2D eigenvalue weighted by atomic mass is 10.0. The van der Waals surface area contributed by atoms with Crippen molar-refractivity contribution in [3.8, 4) is 11.1 Å². The number of aliphatic hydroxyl groups is 1. The smallest absolute Gasteiger partial charge is 0.263 e. The molecule has 1 aliphatic heterocycles. The molecule has 0 saturated carbocycles. The fourth-order valence-electron chi connectivity index (χ4n) is 4.24. The molecule has 6 heteroatoms. The molecule has 1 N–H and O–H groups in total. The number of rotatable bonds is 3. The Labute approximate surface area is 171 Å².